The van der Waals surface area contributed by atoms with Crippen LogP contribution in [0.5, 0.6) is 5.75 Å². The van der Waals surface area contributed by atoms with Gasteiger partial charge in [-0.3, -0.25) is 4.79 Å². The Labute approximate surface area is 126 Å². The van der Waals surface area contributed by atoms with Gasteiger partial charge in [-0.15, -0.1) is 0 Å². The number of carboxylic acids is 1. The fourth-order valence-electron chi connectivity index (χ4n) is 2.43. The van der Waals surface area contributed by atoms with Crippen molar-refractivity contribution >= 4 is 29.7 Å². The van der Waals surface area contributed by atoms with Crippen LogP contribution < -0.4 is 10.1 Å². The van der Waals surface area contributed by atoms with Gasteiger partial charge in [0.05, 0.1) is 5.57 Å². The molecule has 2 aliphatic heterocycles. The Balaban J connectivity index is 1.80. The number of ether oxygens (including phenoxy) is 1. The summed E-state index contributed by atoms with van der Waals surface area (Å²) in [4.78, 5) is 23.8. The Morgan fingerprint density at radius 3 is 2.86 bits per heavy atom. The molecule has 3 rings (SSSR count). The first-order chi connectivity index (χ1) is 10.1. The van der Waals surface area contributed by atoms with Crippen molar-refractivity contribution < 1.29 is 19.4 Å². The van der Waals surface area contributed by atoms with Crippen LogP contribution in [0.4, 0.5) is 0 Å². The van der Waals surface area contributed by atoms with E-state index in [1.54, 1.807) is 17.8 Å². The molecule has 2 N–H and O–H groups in total. The van der Waals surface area contributed by atoms with E-state index in [-0.39, 0.29) is 12.5 Å². The van der Waals surface area contributed by atoms with E-state index in [1.807, 2.05) is 24.3 Å². The Kier molecular flexibility index (Phi) is 3.63. The highest BCUT2D eigenvalue weighted by atomic mass is 32.2. The Morgan fingerprint density at radius 1 is 1.33 bits per heavy atom. The molecule has 1 aromatic rings. The molecule has 0 radical (unpaired) electrons. The number of nitrogens with one attached hydrogen (secondary N) is 1. The summed E-state index contributed by atoms with van der Waals surface area (Å²) in [5.74, 6) is 0.537. The van der Waals surface area contributed by atoms with Crippen LogP contribution in [-0.2, 0) is 9.59 Å². The van der Waals surface area contributed by atoms with Gasteiger partial charge >= 0.3 is 5.97 Å². The largest absolute Gasteiger partial charge is 0.488 e. The van der Waals surface area contributed by atoms with Crippen LogP contribution in [0.15, 0.2) is 29.8 Å². The number of carbonyl (C=O) groups excluding carboxylic acids is 1. The van der Waals surface area contributed by atoms with E-state index in [1.165, 1.54) is 0 Å². The van der Waals surface area contributed by atoms with Crippen LogP contribution in [0.25, 0.3) is 6.08 Å². The van der Waals surface area contributed by atoms with Gasteiger partial charge in [0.1, 0.15) is 17.9 Å². The normalized spacial score (nSPS) is 23.7. The minimum absolute atomic E-state index is 0.158. The number of carboxylic acid groups (broad SMARTS) is 1. The summed E-state index contributed by atoms with van der Waals surface area (Å²) in [6.07, 6.45) is 2.20. The van der Waals surface area contributed by atoms with E-state index in [0.29, 0.717) is 17.7 Å². The van der Waals surface area contributed by atoms with Crippen LogP contribution in [0.1, 0.15) is 12.0 Å². The lowest BCUT2D eigenvalue weighted by atomic mass is 9.98. The lowest BCUT2D eigenvalue weighted by molar-refractivity contribution is -0.145. The lowest BCUT2D eigenvalue weighted by Crippen LogP contribution is -2.55. The number of hydrogen-bond donors (Lipinski definition) is 2. The zero-order chi connectivity index (χ0) is 14.9. The SMILES string of the molecule is O=C(NC1(C(=O)O)CCSC1)C1=Cc2ccccc2OC1. The van der Waals surface area contributed by atoms with E-state index < -0.39 is 11.5 Å². The summed E-state index contributed by atoms with van der Waals surface area (Å²) >= 11 is 1.54. The molecule has 0 aliphatic carbocycles. The molecule has 1 saturated heterocycles. The van der Waals surface area contributed by atoms with Crippen molar-refractivity contribution in [3.05, 3.63) is 35.4 Å². The zero-order valence-electron chi connectivity index (χ0n) is 11.3. The third-order valence-electron chi connectivity index (χ3n) is 3.71. The molecule has 2 aliphatic rings. The predicted molar refractivity (Wildman–Crippen MR) is 80.4 cm³/mol. The molecule has 6 heteroatoms. The number of thioether (sulfide) groups is 1. The topological polar surface area (TPSA) is 75.6 Å². The molecule has 110 valence electrons. The van der Waals surface area contributed by atoms with Crippen molar-refractivity contribution in [1.82, 2.24) is 5.32 Å². The molecular formula is C15H15NO4S. The van der Waals surface area contributed by atoms with Crippen LogP contribution >= 0.6 is 11.8 Å². The quantitative estimate of drug-likeness (QED) is 0.886. The van der Waals surface area contributed by atoms with Crippen molar-refractivity contribution in [2.24, 2.45) is 0 Å². The van der Waals surface area contributed by atoms with Crippen molar-refractivity contribution in [2.75, 3.05) is 18.1 Å². The third-order valence-corrected chi connectivity index (χ3v) is 4.90. The van der Waals surface area contributed by atoms with E-state index >= 15 is 0 Å². The van der Waals surface area contributed by atoms with Crippen molar-refractivity contribution in [3.63, 3.8) is 0 Å². The molecule has 0 saturated carbocycles. The second kappa shape index (κ2) is 5.44. The molecular weight excluding hydrogens is 290 g/mol. The van der Waals surface area contributed by atoms with Crippen molar-refractivity contribution in [2.45, 2.75) is 12.0 Å². The summed E-state index contributed by atoms with van der Waals surface area (Å²) < 4.78 is 5.53. The molecule has 2 heterocycles. The third kappa shape index (κ3) is 2.63. The highest BCUT2D eigenvalue weighted by Gasteiger charge is 2.43. The maximum Gasteiger partial charge on any atom is 0.330 e. The maximum absolute atomic E-state index is 12.3. The van der Waals surface area contributed by atoms with E-state index in [0.717, 1.165) is 17.1 Å². The van der Waals surface area contributed by atoms with Gasteiger partial charge < -0.3 is 15.2 Å². The lowest BCUT2D eigenvalue weighted by Gasteiger charge is -2.26. The van der Waals surface area contributed by atoms with Crippen molar-refractivity contribution in [3.8, 4) is 5.75 Å². The summed E-state index contributed by atoms with van der Waals surface area (Å²) in [5, 5.41) is 12.1. The Morgan fingerprint density at radius 2 is 2.14 bits per heavy atom. The zero-order valence-corrected chi connectivity index (χ0v) is 12.1. The Bertz CT molecular complexity index is 620. The number of aliphatic carboxylic acids is 1. The number of benzene rings is 1. The fraction of sp³-hybridized carbons (Fsp3) is 0.333. The van der Waals surface area contributed by atoms with Crippen LogP contribution in [0, 0.1) is 0 Å². The van der Waals surface area contributed by atoms with Gasteiger partial charge in [-0.2, -0.15) is 11.8 Å². The molecule has 1 amide bonds. The van der Waals surface area contributed by atoms with Crippen LogP contribution in [-0.4, -0.2) is 40.6 Å². The summed E-state index contributed by atoms with van der Waals surface area (Å²) in [7, 11) is 0. The molecule has 0 aromatic heterocycles. The number of carbonyl (C=O) groups is 2. The van der Waals surface area contributed by atoms with Gasteiger partial charge in [0, 0.05) is 11.3 Å². The Hall–Kier alpha value is -1.95. The number of hydrogen-bond acceptors (Lipinski definition) is 4. The number of fused-ring (bicyclic) bond motifs is 1. The highest BCUT2D eigenvalue weighted by molar-refractivity contribution is 7.99. The molecule has 1 aromatic carbocycles. The first-order valence-corrected chi connectivity index (χ1v) is 7.82. The van der Waals surface area contributed by atoms with Crippen LogP contribution in [0.3, 0.4) is 0 Å². The molecule has 1 unspecified atom stereocenters. The minimum Gasteiger partial charge on any atom is -0.488 e. The molecule has 1 fully saturated rings. The van der Waals surface area contributed by atoms with Crippen molar-refractivity contribution in [1.29, 1.82) is 0 Å². The first-order valence-electron chi connectivity index (χ1n) is 6.67. The van der Waals surface area contributed by atoms with Gasteiger partial charge in [-0.05, 0) is 24.3 Å². The maximum atomic E-state index is 12.3. The van der Waals surface area contributed by atoms with Gasteiger partial charge in [0.2, 0.25) is 0 Å². The van der Waals surface area contributed by atoms with E-state index in [9.17, 15) is 14.7 Å². The summed E-state index contributed by atoms with van der Waals surface area (Å²) in [6, 6.07) is 7.44. The van der Waals surface area contributed by atoms with Gasteiger partial charge in [-0.25, -0.2) is 4.79 Å². The number of rotatable bonds is 3. The summed E-state index contributed by atoms with van der Waals surface area (Å²) in [6.45, 7) is 0.158. The minimum atomic E-state index is -1.15. The second-order valence-corrected chi connectivity index (χ2v) is 6.25. The fourth-order valence-corrected chi connectivity index (χ4v) is 3.76. The smallest absolute Gasteiger partial charge is 0.330 e. The standard InChI is InChI=1S/C15H15NO4S/c17-13(16-15(14(18)19)5-6-21-9-15)11-7-10-3-1-2-4-12(10)20-8-11/h1-4,7H,5-6,8-9H2,(H,16,17)(H,18,19). The highest BCUT2D eigenvalue weighted by Crippen LogP contribution is 2.30. The van der Waals surface area contributed by atoms with Crippen LogP contribution in [0.2, 0.25) is 0 Å². The second-order valence-electron chi connectivity index (χ2n) is 5.14. The van der Waals surface area contributed by atoms with E-state index in [4.69, 9.17) is 4.74 Å². The first kappa shape index (κ1) is 14.0. The monoisotopic (exact) mass is 305 g/mol. The number of amides is 1. The van der Waals surface area contributed by atoms with Gasteiger partial charge in [-0.1, -0.05) is 18.2 Å². The molecule has 21 heavy (non-hydrogen) atoms. The average molecular weight is 305 g/mol. The molecule has 0 bridgehead atoms. The molecule has 5 nitrogen and oxygen atoms in total. The summed E-state index contributed by atoms with van der Waals surface area (Å²) in [5.41, 5.74) is 0.129. The predicted octanol–water partition coefficient (Wildman–Crippen LogP) is 1.54. The van der Waals surface area contributed by atoms with E-state index in [2.05, 4.69) is 5.32 Å². The van der Waals surface area contributed by atoms with Gasteiger partial charge in [0.25, 0.3) is 5.91 Å². The van der Waals surface area contributed by atoms with Gasteiger partial charge in [0.15, 0.2) is 0 Å². The molecule has 1 atom stereocenters. The average Bonchev–Trinajstić information content (AvgIpc) is 2.96. The number of para-hydroxylation sites is 1. The molecule has 0 spiro atoms.